The Kier molecular flexibility index (Phi) is 5.61. The van der Waals surface area contributed by atoms with Crippen molar-refractivity contribution in [2.75, 3.05) is 39.3 Å². The number of piperazine rings is 1. The highest BCUT2D eigenvalue weighted by molar-refractivity contribution is 5.93. The first kappa shape index (κ1) is 18.5. The van der Waals surface area contributed by atoms with E-state index in [1.54, 1.807) is 6.20 Å². The van der Waals surface area contributed by atoms with Crippen LogP contribution in [-0.4, -0.2) is 64.8 Å². The zero-order chi connectivity index (χ0) is 18.6. The third-order valence-corrected chi connectivity index (χ3v) is 4.60. The Hall–Kier alpha value is -2.34. The minimum Gasteiger partial charge on any atom is -0.492 e. The molecule has 6 nitrogen and oxygen atoms in total. The van der Waals surface area contributed by atoms with E-state index in [0.717, 1.165) is 38.5 Å². The van der Waals surface area contributed by atoms with Crippen LogP contribution in [-0.2, 0) is 5.54 Å². The number of aromatic nitrogens is 2. The van der Waals surface area contributed by atoms with Crippen LogP contribution in [0.15, 0.2) is 42.7 Å². The summed E-state index contributed by atoms with van der Waals surface area (Å²) in [5.74, 6) is 0.970. The molecule has 1 saturated heterocycles. The highest BCUT2D eigenvalue weighted by atomic mass is 16.5. The van der Waals surface area contributed by atoms with E-state index in [2.05, 4.69) is 30.8 Å². The molecular weight excluding hydrogens is 328 g/mol. The molecule has 1 aromatic heterocycles. The number of hydrogen-bond donors (Lipinski definition) is 0. The lowest BCUT2D eigenvalue weighted by Gasteiger charge is -2.34. The van der Waals surface area contributed by atoms with E-state index in [4.69, 9.17) is 4.74 Å². The summed E-state index contributed by atoms with van der Waals surface area (Å²) in [6.45, 7) is 11.0. The van der Waals surface area contributed by atoms with Crippen LogP contribution in [0.25, 0.3) is 0 Å². The molecule has 1 aliphatic heterocycles. The molecule has 0 saturated carbocycles. The average Bonchev–Trinajstić information content (AvgIpc) is 3.13. The van der Waals surface area contributed by atoms with Crippen molar-refractivity contribution in [2.24, 2.45) is 0 Å². The van der Waals surface area contributed by atoms with Gasteiger partial charge in [-0.3, -0.25) is 14.4 Å². The van der Waals surface area contributed by atoms with Gasteiger partial charge in [-0.15, -0.1) is 0 Å². The number of amides is 1. The number of para-hydroxylation sites is 1. The predicted octanol–water partition coefficient (Wildman–Crippen LogP) is 2.47. The van der Waals surface area contributed by atoms with E-state index in [0.29, 0.717) is 12.2 Å². The molecule has 0 spiro atoms. The maximum Gasteiger partial charge on any atom is 0.257 e. The summed E-state index contributed by atoms with van der Waals surface area (Å²) in [6.07, 6.45) is 3.52. The highest BCUT2D eigenvalue weighted by Crippen LogP contribution is 2.15. The maximum atomic E-state index is 12.7. The molecule has 26 heavy (non-hydrogen) atoms. The van der Waals surface area contributed by atoms with Crippen molar-refractivity contribution < 1.29 is 9.53 Å². The molecule has 1 amide bonds. The summed E-state index contributed by atoms with van der Waals surface area (Å²) in [7, 11) is 0. The molecule has 0 aliphatic carbocycles. The van der Waals surface area contributed by atoms with E-state index < -0.39 is 0 Å². The highest BCUT2D eigenvalue weighted by Gasteiger charge is 2.24. The molecule has 6 heteroatoms. The Morgan fingerprint density at radius 1 is 1.12 bits per heavy atom. The van der Waals surface area contributed by atoms with Crippen LogP contribution >= 0.6 is 0 Å². The van der Waals surface area contributed by atoms with Crippen molar-refractivity contribution in [1.29, 1.82) is 0 Å². The number of benzene rings is 1. The second kappa shape index (κ2) is 7.91. The van der Waals surface area contributed by atoms with Crippen LogP contribution in [0.5, 0.6) is 5.75 Å². The zero-order valence-corrected chi connectivity index (χ0v) is 15.9. The Morgan fingerprint density at radius 2 is 1.81 bits per heavy atom. The molecule has 1 fully saturated rings. The summed E-state index contributed by atoms with van der Waals surface area (Å²) in [5.41, 5.74) is 0.552. The molecule has 1 aliphatic rings. The topological polar surface area (TPSA) is 50.6 Å². The summed E-state index contributed by atoms with van der Waals surface area (Å²) in [6, 6.07) is 9.86. The van der Waals surface area contributed by atoms with Gasteiger partial charge in [0.05, 0.1) is 17.3 Å². The van der Waals surface area contributed by atoms with Crippen LogP contribution in [0.3, 0.4) is 0 Å². The van der Waals surface area contributed by atoms with Crippen molar-refractivity contribution in [2.45, 2.75) is 26.3 Å². The van der Waals surface area contributed by atoms with E-state index in [1.807, 2.05) is 46.1 Å². The molecule has 0 N–H and O–H groups in total. The van der Waals surface area contributed by atoms with Crippen LogP contribution in [0, 0.1) is 0 Å². The quantitative estimate of drug-likeness (QED) is 0.826. The van der Waals surface area contributed by atoms with Crippen molar-refractivity contribution >= 4 is 5.91 Å². The number of carbonyl (C=O) groups is 1. The molecule has 3 rings (SSSR count). The molecule has 0 atom stereocenters. The first-order valence-corrected chi connectivity index (χ1v) is 9.18. The Bertz CT molecular complexity index is 713. The fraction of sp³-hybridized carbons (Fsp3) is 0.500. The molecular formula is C20H28N4O2. The lowest BCUT2D eigenvalue weighted by molar-refractivity contribution is 0.0620. The van der Waals surface area contributed by atoms with E-state index >= 15 is 0 Å². The molecule has 2 aromatic rings. The van der Waals surface area contributed by atoms with Gasteiger partial charge in [0.25, 0.3) is 5.91 Å². The molecule has 0 bridgehead atoms. The van der Waals surface area contributed by atoms with Gasteiger partial charge in [0.2, 0.25) is 0 Å². The minimum atomic E-state index is -0.115. The van der Waals surface area contributed by atoms with Crippen LogP contribution in [0.2, 0.25) is 0 Å². The number of nitrogens with zero attached hydrogens (tertiary/aromatic N) is 4. The average molecular weight is 356 g/mol. The van der Waals surface area contributed by atoms with Gasteiger partial charge in [0, 0.05) is 38.9 Å². The minimum absolute atomic E-state index is 0.0701. The van der Waals surface area contributed by atoms with Gasteiger partial charge in [-0.05, 0) is 32.9 Å². The van der Waals surface area contributed by atoms with E-state index in [1.165, 1.54) is 0 Å². The molecule has 1 aromatic carbocycles. The lowest BCUT2D eigenvalue weighted by atomic mass is 10.1. The van der Waals surface area contributed by atoms with Crippen LogP contribution < -0.4 is 4.74 Å². The Balaban J connectivity index is 1.44. The smallest absolute Gasteiger partial charge is 0.257 e. The van der Waals surface area contributed by atoms with Gasteiger partial charge in [-0.2, -0.15) is 5.10 Å². The fourth-order valence-corrected chi connectivity index (χ4v) is 2.97. The summed E-state index contributed by atoms with van der Waals surface area (Å²) in [4.78, 5) is 16.9. The summed E-state index contributed by atoms with van der Waals surface area (Å²) >= 11 is 0. The number of ether oxygens (including phenoxy) is 1. The van der Waals surface area contributed by atoms with Crippen molar-refractivity contribution in [3.63, 3.8) is 0 Å². The Labute approximate surface area is 155 Å². The Morgan fingerprint density at radius 3 is 2.42 bits per heavy atom. The standard InChI is InChI=1S/C20H28N4O2/c1-20(2,3)24-16-17(15-21-24)19(25)23-11-9-22(10-12-23)13-14-26-18-7-5-4-6-8-18/h4-8,15-16H,9-14H2,1-3H3. The fourth-order valence-electron chi connectivity index (χ4n) is 2.97. The summed E-state index contributed by atoms with van der Waals surface area (Å²) < 4.78 is 7.60. The monoisotopic (exact) mass is 356 g/mol. The van der Waals surface area contributed by atoms with Crippen molar-refractivity contribution in [3.8, 4) is 5.75 Å². The van der Waals surface area contributed by atoms with Gasteiger partial charge in [-0.1, -0.05) is 18.2 Å². The molecule has 0 unspecified atom stereocenters. The maximum absolute atomic E-state index is 12.7. The van der Waals surface area contributed by atoms with Crippen LogP contribution in [0.1, 0.15) is 31.1 Å². The SMILES string of the molecule is CC(C)(C)n1cc(C(=O)N2CCN(CCOc3ccccc3)CC2)cn1. The van der Waals surface area contributed by atoms with Gasteiger partial charge >= 0.3 is 0 Å². The van der Waals surface area contributed by atoms with Gasteiger partial charge < -0.3 is 9.64 Å². The van der Waals surface area contributed by atoms with Gasteiger partial charge in [0.1, 0.15) is 12.4 Å². The second-order valence-corrected chi connectivity index (χ2v) is 7.64. The summed E-state index contributed by atoms with van der Waals surface area (Å²) in [5, 5.41) is 4.33. The van der Waals surface area contributed by atoms with Crippen molar-refractivity contribution in [3.05, 3.63) is 48.3 Å². The van der Waals surface area contributed by atoms with Gasteiger partial charge in [0.15, 0.2) is 0 Å². The number of rotatable bonds is 5. The third kappa shape index (κ3) is 4.64. The first-order chi connectivity index (χ1) is 12.4. The number of carbonyl (C=O) groups excluding carboxylic acids is 1. The first-order valence-electron chi connectivity index (χ1n) is 9.18. The van der Waals surface area contributed by atoms with Gasteiger partial charge in [-0.25, -0.2) is 0 Å². The van der Waals surface area contributed by atoms with Crippen LogP contribution in [0.4, 0.5) is 0 Å². The third-order valence-electron chi connectivity index (χ3n) is 4.60. The lowest BCUT2D eigenvalue weighted by Crippen LogP contribution is -2.49. The zero-order valence-electron chi connectivity index (χ0n) is 15.9. The molecule has 2 heterocycles. The number of hydrogen-bond acceptors (Lipinski definition) is 4. The second-order valence-electron chi connectivity index (χ2n) is 7.64. The predicted molar refractivity (Wildman–Crippen MR) is 102 cm³/mol. The van der Waals surface area contributed by atoms with E-state index in [-0.39, 0.29) is 11.4 Å². The molecule has 0 radical (unpaired) electrons. The van der Waals surface area contributed by atoms with Crippen molar-refractivity contribution in [1.82, 2.24) is 19.6 Å². The molecule has 140 valence electrons. The van der Waals surface area contributed by atoms with E-state index in [9.17, 15) is 4.79 Å². The largest absolute Gasteiger partial charge is 0.492 e. The normalized spacial score (nSPS) is 15.9.